The van der Waals surface area contributed by atoms with E-state index in [1.54, 1.807) is 0 Å². The van der Waals surface area contributed by atoms with Gasteiger partial charge in [-0.25, -0.2) is 9.78 Å². The molecule has 1 rings (SSSR count). The molecule has 0 spiro atoms. The Kier molecular flexibility index (Phi) is 2.06. The summed E-state index contributed by atoms with van der Waals surface area (Å²) < 4.78 is 4.68. The third kappa shape index (κ3) is 1.46. The third-order valence-corrected chi connectivity index (χ3v) is 1.12. The average Bonchev–Trinajstić information content (AvgIpc) is 2.04. The zero-order valence-corrected chi connectivity index (χ0v) is 5.87. The molecule has 11 heavy (non-hydrogen) atoms. The van der Waals surface area contributed by atoms with E-state index in [1.807, 2.05) is 0 Å². The zero-order chi connectivity index (χ0) is 8.27. The third-order valence-electron chi connectivity index (χ3n) is 1.12. The molecule has 57 valence electrons. The van der Waals surface area contributed by atoms with E-state index in [0.29, 0.717) is 0 Å². The van der Waals surface area contributed by atoms with Crippen molar-refractivity contribution >= 4 is 5.97 Å². The van der Waals surface area contributed by atoms with E-state index >= 15 is 0 Å². The van der Waals surface area contributed by atoms with Crippen LogP contribution in [0.25, 0.3) is 0 Å². The zero-order valence-electron chi connectivity index (χ0n) is 5.87. The predicted molar refractivity (Wildman–Crippen MR) is 36.6 cm³/mol. The van der Waals surface area contributed by atoms with Crippen molar-refractivity contribution in [3.8, 4) is 5.88 Å². The number of nitrogens with zero attached hydrogens (tertiary/aromatic N) is 1. The average molecular weight is 152 g/mol. The van der Waals surface area contributed by atoms with Gasteiger partial charge in [-0.3, -0.25) is 0 Å². The number of rotatable bonds is 2. The van der Waals surface area contributed by atoms with E-state index in [2.05, 4.69) is 15.8 Å². The quantitative estimate of drug-likeness (QED) is 0.673. The lowest BCUT2D eigenvalue weighted by Gasteiger charge is -1.99. The Morgan fingerprint density at radius 2 is 2.55 bits per heavy atom. The molecule has 4 heteroatoms. The van der Waals surface area contributed by atoms with Crippen LogP contribution in [-0.2, 0) is 0 Å². The van der Waals surface area contributed by atoms with Gasteiger partial charge in [0.25, 0.3) is 0 Å². The van der Waals surface area contributed by atoms with Crippen LogP contribution >= 0.6 is 0 Å². The van der Waals surface area contributed by atoms with E-state index < -0.39 is 5.97 Å². The fourth-order valence-electron chi connectivity index (χ4n) is 0.660. The van der Waals surface area contributed by atoms with Crippen LogP contribution in [0.3, 0.4) is 0 Å². The van der Waals surface area contributed by atoms with Gasteiger partial charge in [-0.05, 0) is 6.07 Å². The fraction of sp³-hybridized carbons (Fsp3) is 0.143. The molecule has 0 atom stereocenters. The van der Waals surface area contributed by atoms with Gasteiger partial charge in [0.15, 0.2) is 0 Å². The molecular formula is C7H6NO3. The molecular weight excluding hydrogens is 146 g/mol. The van der Waals surface area contributed by atoms with Gasteiger partial charge in [-0.1, -0.05) is 0 Å². The highest BCUT2D eigenvalue weighted by Crippen LogP contribution is 2.11. The Morgan fingerprint density at radius 3 is 3.00 bits per heavy atom. The second-order valence-electron chi connectivity index (χ2n) is 1.78. The molecule has 0 saturated heterocycles. The summed E-state index contributed by atoms with van der Waals surface area (Å²) in [5.74, 6) is -1.00. The number of hydrogen-bond donors (Lipinski definition) is 1. The molecule has 0 saturated carbocycles. The normalized spacial score (nSPS) is 9.18. The number of aromatic carboxylic acids is 1. The van der Waals surface area contributed by atoms with Gasteiger partial charge in [0.2, 0.25) is 5.88 Å². The van der Waals surface area contributed by atoms with Crippen molar-refractivity contribution in [2.24, 2.45) is 0 Å². The summed E-state index contributed by atoms with van der Waals surface area (Å²) in [7, 11) is 1.36. The minimum Gasteiger partial charge on any atom is -0.480 e. The first-order chi connectivity index (χ1) is 5.25. The van der Waals surface area contributed by atoms with Crippen molar-refractivity contribution < 1.29 is 14.6 Å². The van der Waals surface area contributed by atoms with E-state index in [4.69, 9.17) is 5.11 Å². The van der Waals surface area contributed by atoms with Crippen LogP contribution < -0.4 is 4.74 Å². The van der Waals surface area contributed by atoms with Crippen LogP contribution in [0.5, 0.6) is 5.88 Å². The number of ether oxygens (including phenoxy) is 1. The minimum atomic E-state index is -1.09. The maximum absolute atomic E-state index is 10.4. The fourth-order valence-corrected chi connectivity index (χ4v) is 0.660. The lowest BCUT2D eigenvalue weighted by molar-refractivity contribution is 0.0692. The highest BCUT2D eigenvalue weighted by atomic mass is 16.5. The van der Waals surface area contributed by atoms with Crippen LogP contribution in [0, 0.1) is 6.07 Å². The van der Waals surface area contributed by atoms with Crippen LogP contribution in [0.1, 0.15) is 10.4 Å². The van der Waals surface area contributed by atoms with Crippen LogP contribution in [0.4, 0.5) is 0 Å². The van der Waals surface area contributed by atoms with Crippen molar-refractivity contribution in [1.82, 2.24) is 4.98 Å². The minimum absolute atomic E-state index is 0.0463. The summed E-state index contributed by atoms with van der Waals surface area (Å²) >= 11 is 0. The second-order valence-corrected chi connectivity index (χ2v) is 1.78. The predicted octanol–water partition coefficient (Wildman–Crippen LogP) is 0.589. The Labute approximate surface area is 63.5 Å². The summed E-state index contributed by atoms with van der Waals surface area (Å²) in [6.45, 7) is 0. The monoisotopic (exact) mass is 152 g/mol. The van der Waals surface area contributed by atoms with Gasteiger partial charge < -0.3 is 9.84 Å². The van der Waals surface area contributed by atoms with E-state index in [0.717, 1.165) is 0 Å². The number of carboxylic acid groups (broad SMARTS) is 1. The first-order valence-electron chi connectivity index (χ1n) is 2.89. The second kappa shape index (κ2) is 3.01. The molecule has 0 aromatic carbocycles. The van der Waals surface area contributed by atoms with Gasteiger partial charge >= 0.3 is 5.97 Å². The number of carboxylic acids is 1. The molecule has 0 aliphatic carbocycles. The number of pyridine rings is 1. The van der Waals surface area contributed by atoms with Crippen LogP contribution in [0.2, 0.25) is 0 Å². The summed E-state index contributed by atoms with van der Waals surface area (Å²) in [5.41, 5.74) is -0.0463. The van der Waals surface area contributed by atoms with E-state index in [-0.39, 0.29) is 11.4 Å². The highest BCUT2D eigenvalue weighted by Gasteiger charge is 2.09. The van der Waals surface area contributed by atoms with Crippen molar-refractivity contribution in [3.05, 3.63) is 23.9 Å². The molecule has 1 radical (unpaired) electrons. The SMILES string of the molecule is COc1ncc[c]c1C(=O)O. The molecule has 1 heterocycles. The lowest BCUT2D eigenvalue weighted by Crippen LogP contribution is -2.01. The Bertz CT molecular complexity index is 272. The largest absolute Gasteiger partial charge is 0.480 e. The maximum Gasteiger partial charge on any atom is 0.341 e. The van der Waals surface area contributed by atoms with Crippen molar-refractivity contribution in [3.63, 3.8) is 0 Å². The molecule has 0 bridgehead atoms. The molecule has 4 nitrogen and oxygen atoms in total. The Hall–Kier alpha value is -1.58. The van der Waals surface area contributed by atoms with Gasteiger partial charge in [-0.2, -0.15) is 0 Å². The topological polar surface area (TPSA) is 59.4 Å². The Balaban J connectivity index is 3.12. The smallest absolute Gasteiger partial charge is 0.341 e. The van der Waals surface area contributed by atoms with Gasteiger partial charge in [0.1, 0.15) is 5.56 Å². The summed E-state index contributed by atoms with van der Waals surface area (Å²) in [5, 5.41) is 8.55. The summed E-state index contributed by atoms with van der Waals surface area (Å²) in [6, 6.07) is 3.92. The number of hydrogen-bond acceptors (Lipinski definition) is 3. The van der Waals surface area contributed by atoms with Gasteiger partial charge in [-0.15, -0.1) is 0 Å². The van der Waals surface area contributed by atoms with E-state index in [1.165, 1.54) is 19.4 Å². The summed E-state index contributed by atoms with van der Waals surface area (Å²) in [4.78, 5) is 14.1. The highest BCUT2D eigenvalue weighted by molar-refractivity contribution is 5.89. The van der Waals surface area contributed by atoms with Crippen LogP contribution in [0.15, 0.2) is 12.3 Å². The van der Waals surface area contributed by atoms with Crippen molar-refractivity contribution in [2.45, 2.75) is 0 Å². The molecule has 1 aromatic rings. The van der Waals surface area contributed by atoms with Crippen molar-refractivity contribution in [2.75, 3.05) is 7.11 Å². The molecule has 1 N–H and O–H groups in total. The van der Waals surface area contributed by atoms with Gasteiger partial charge in [0.05, 0.1) is 7.11 Å². The number of aromatic nitrogens is 1. The van der Waals surface area contributed by atoms with E-state index in [9.17, 15) is 4.79 Å². The number of methoxy groups -OCH3 is 1. The van der Waals surface area contributed by atoms with Gasteiger partial charge in [0, 0.05) is 12.3 Å². The molecule has 0 unspecified atom stereocenters. The maximum atomic E-state index is 10.4. The Morgan fingerprint density at radius 1 is 1.82 bits per heavy atom. The van der Waals surface area contributed by atoms with Crippen molar-refractivity contribution in [1.29, 1.82) is 0 Å². The molecule has 0 aliphatic rings. The molecule has 0 fully saturated rings. The molecule has 0 amide bonds. The lowest BCUT2D eigenvalue weighted by atomic mass is 10.3. The number of carbonyl (C=O) groups is 1. The first-order valence-corrected chi connectivity index (χ1v) is 2.89. The van der Waals surface area contributed by atoms with Crippen LogP contribution in [-0.4, -0.2) is 23.2 Å². The molecule has 0 aliphatic heterocycles. The molecule has 1 aromatic heterocycles. The standard InChI is InChI=1S/C7H6NO3/c1-11-6-5(7(9)10)3-2-4-8-6/h2,4H,1H3,(H,9,10). The first kappa shape index (κ1) is 7.53. The summed E-state index contributed by atoms with van der Waals surface area (Å²) in [6.07, 6.45) is 1.42.